The van der Waals surface area contributed by atoms with E-state index in [1.165, 1.54) is 12.1 Å². The Morgan fingerprint density at radius 2 is 2.45 bits per heavy atom. The fourth-order valence-corrected chi connectivity index (χ4v) is 1.96. The highest BCUT2D eigenvalue weighted by Crippen LogP contribution is 2.11. The Bertz CT molecular complexity index is 436. The number of ether oxygens (including phenoxy) is 2. The number of amides is 1. The van der Waals surface area contributed by atoms with Crippen LogP contribution in [0.1, 0.15) is 6.42 Å². The van der Waals surface area contributed by atoms with Crippen LogP contribution in [0.2, 0.25) is 0 Å². The van der Waals surface area contributed by atoms with Crippen LogP contribution in [0, 0.1) is 5.82 Å². The summed E-state index contributed by atoms with van der Waals surface area (Å²) < 4.78 is 23.5. The predicted octanol–water partition coefficient (Wildman–Crippen LogP) is 0.699. The number of benzene rings is 1. The van der Waals surface area contributed by atoms with E-state index in [1.54, 1.807) is 12.1 Å². The van der Waals surface area contributed by atoms with Gasteiger partial charge in [-0.25, -0.2) is 4.39 Å². The van der Waals surface area contributed by atoms with Crippen LogP contribution in [-0.2, 0) is 9.53 Å². The summed E-state index contributed by atoms with van der Waals surface area (Å²) in [4.78, 5) is 11.7. The quantitative estimate of drug-likeness (QED) is 0.754. The first kappa shape index (κ1) is 14.7. The van der Waals surface area contributed by atoms with E-state index in [4.69, 9.17) is 9.47 Å². The van der Waals surface area contributed by atoms with E-state index >= 15 is 0 Å². The summed E-state index contributed by atoms with van der Waals surface area (Å²) in [5, 5.41) is 5.98. The van der Waals surface area contributed by atoms with Crippen LogP contribution in [0.3, 0.4) is 0 Å². The molecule has 0 aliphatic carbocycles. The Kier molecular flexibility index (Phi) is 5.76. The zero-order valence-corrected chi connectivity index (χ0v) is 11.2. The normalized spacial score (nSPS) is 18.6. The minimum absolute atomic E-state index is 0.0455. The molecule has 1 aliphatic heterocycles. The molecule has 1 aromatic rings. The molecule has 6 heteroatoms. The monoisotopic (exact) mass is 282 g/mol. The second kappa shape index (κ2) is 7.81. The third-order valence-corrected chi connectivity index (χ3v) is 2.92. The second-order valence-electron chi connectivity index (χ2n) is 4.59. The number of carbonyl (C=O) groups is 1. The molecule has 2 N–H and O–H groups in total. The molecular formula is C14H19FN2O3. The smallest absolute Gasteiger partial charge is 0.221 e. The van der Waals surface area contributed by atoms with Gasteiger partial charge < -0.3 is 20.1 Å². The van der Waals surface area contributed by atoms with E-state index in [2.05, 4.69) is 10.6 Å². The SMILES string of the molecule is O=C(CC1COCCN1)NCCOc1cccc(F)c1. The van der Waals surface area contributed by atoms with Crippen molar-refractivity contribution in [3.05, 3.63) is 30.1 Å². The summed E-state index contributed by atoms with van der Waals surface area (Å²) in [6.45, 7) is 2.74. The van der Waals surface area contributed by atoms with Crippen molar-refractivity contribution in [3.63, 3.8) is 0 Å². The molecule has 0 aromatic heterocycles. The van der Waals surface area contributed by atoms with Gasteiger partial charge in [-0.15, -0.1) is 0 Å². The number of nitrogens with one attached hydrogen (secondary N) is 2. The van der Waals surface area contributed by atoms with Crippen LogP contribution in [0.4, 0.5) is 4.39 Å². The average Bonchev–Trinajstić information content (AvgIpc) is 2.45. The van der Waals surface area contributed by atoms with Gasteiger partial charge in [-0.2, -0.15) is 0 Å². The minimum atomic E-state index is -0.338. The maximum Gasteiger partial charge on any atom is 0.221 e. The fraction of sp³-hybridized carbons (Fsp3) is 0.500. The zero-order valence-electron chi connectivity index (χ0n) is 11.2. The Hall–Kier alpha value is -1.66. The maximum atomic E-state index is 12.9. The van der Waals surface area contributed by atoms with E-state index in [-0.39, 0.29) is 17.8 Å². The lowest BCUT2D eigenvalue weighted by molar-refractivity contribution is -0.122. The van der Waals surface area contributed by atoms with Gasteiger partial charge in [-0.1, -0.05) is 6.07 Å². The van der Waals surface area contributed by atoms with Crippen molar-refractivity contribution in [1.29, 1.82) is 0 Å². The molecule has 1 heterocycles. The highest BCUT2D eigenvalue weighted by molar-refractivity contribution is 5.76. The van der Waals surface area contributed by atoms with Crippen molar-refractivity contribution >= 4 is 5.91 Å². The summed E-state index contributed by atoms with van der Waals surface area (Å²) in [5.74, 6) is 0.0762. The molecule has 5 nitrogen and oxygen atoms in total. The Morgan fingerprint density at radius 3 is 3.20 bits per heavy atom. The third kappa shape index (κ3) is 5.14. The van der Waals surface area contributed by atoms with E-state index in [1.807, 2.05) is 0 Å². The third-order valence-electron chi connectivity index (χ3n) is 2.92. The van der Waals surface area contributed by atoms with E-state index in [9.17, 15) is 9.18 Å². The molecule has 1 aliphatic rings. The van der Waals surface area contributed by atoms with Gasteiger partial charge >= 0.3 is 0 Å². The topological polar surface area (TPSA) is 59.6 Å². The molecule has 0 radical (unpaired) electrons. The molecular weight excluding hydrogens is 263 g/mol. The van der Waals surface area contributed by atoms with Crippen LogP contribution >= 0.6 is 0 Å². The number of rotatable bonds is 6. The number of hydrogen-bond acceptors (Lipinski definition) is 4. The molecule has 2 rings (SSSR count). The van der Waals surface area contributed by atoms with Crippen LogP contribution in [-0.4, -0.2) is 44.9 Å². The number of morpholine rings is 1. The first-order valence-corrected chi connectivity index (χ1v) is 6.70. The van der Waals surface area contributed by atoms with Gasteiger partial charge in [-0.05, 0) is 12.1 Å². The van der Waals surface area contributed by atoms with Gasteiger partial charge in [0.15, 0.2) is 0 Å². The molecule has 20 heavy (non-hydrogen) atoms. The van der Waals surface area contributed by atoms with Gasteiger partial charge in [0.1, 0.15) is 18.2 Å². The molecule has 1 unspecified atom stereocenters. The highest BCUT2D eigenvalue weighted by atomic mass is 19.1. The summed E-state index contributed by atoms with van der Waals surface area (Å²) in [6, 6.07) is 6.00. The Labute approximate surface area is 117 Å². The molecule has 0 bridgehead atoms. The van der Waals surface area contributed by atoms with Gasteiger partial charge in [-0.3, -0.25) is 4.79 Å². The molecule has 0 saturated carbocycles. The minimum Gasteiger partial charge on any atom is -0.492 e. The Morgan fingerprint density at radius 1 is 1.55 bits per heavy atom. The summed E-state index contributed by atoms with van der Waals surface area (Å²) in [5.41, 5.74) is 0. The molecule has 0 spiro atoms. The molecule has 1 atom stereocenters. The lowest BCUT2D eigenvalue weighted by Crippen LogP contribution is -2.44. The molecule has 1 amide bonds. The molecule has 1 saturated heterocycles. The van der Waals surface area contributed by atoms with Crippen molar-refractivity contribution in [2.75, 3.05) is 32.9 Å². The standard InChI is InChI=1S/C14H19FN2O3/c15-11-2-1-3-13(8-11)20-7-5-17-14(18)9-12-10-19-6-4-16-12/h1-3,8,12,16H,4-7,9-10H2,(H,17,18). The van der Waals surface area contributed by atoms with Gasteiger partial charge in [0.25, 0.3) is 0 Å². The van der Waals surface area contributed by atoms with Crippen molar-refractivity contribution in [2.24, 2.45) is 0 Å². The number of hydrogen-bond donors (Lipinski definition) is 2. The van der Waals surface area contributed by atoms with E-state index in [0.29, 0.717) is 38.5 Å². The molecule has 110 valence electrons. The van der Waals surface area contributed by atoms with Crippen LogP contribution in [0.5, 0.6) is 5.75 Å². The first-order valence-electron chi connectivity index (χ1n) is 6.70. The first-order chi connectivity index (χ1) is 9.74. The molecule has 1 fully saturated rings. The van der Waals surface area contributed by atoms with E-state index < -0.39 is 0 Å². The van der Waals surface area contributed by atoms with Crippen LogP contribution in [0.15, 0.2) is 24.3 Å². The summed E-state index contributed by atoms with van der Waals surface area (Å²) >= 11 is 0. The maximum absolute atomic E-state index is 12.9. The van der Waals surface area contributed by atoms with E-state index in [0.717, 1.165) is 6.54 Å². The molecule has 1 aromatic carbocycles. The van der Waals surface area contributed by atoms with Crippen molar-refractivity contribution < 1.29 is 18.7 Å². The van der Waals surface area contributed by atoms with Gasteiger partial charge in [0.2, 0.25) is 5.91 Å². The lowest BCUT2D eigenvalue weighted by Gasteiger charge is -2.23. The van der Waals surface area contributed by atoms with Crippen LogP contribution in [0.25, 0.3) is 0 Å². The second-order valence-corrected chi connectivity index (χ2v) is 4.59. The van der Waals surface area contributed by atoms with Gasteiger partial charge in [0.05, 0.1) is 19.8 Å². The largest absolute Gasteiger partial charge is 0.492 e. The number of carbonyl (C=O) groups excluding carboxylic acids is 1. The highest BCUT2D eigenvalue weighted by Gasteiger charge is 2.16. The van der Waals surface area contributed by atoms with Crippen molar-refractivity contribution in [3.8, 4) is 5.75 Å². The number of halogens is 1. The van der Waals surface area contributed by atoms with Crippen molar-refractivity contribution in [1.82, 2.24) is 10.6 Å². The zero-order chi connectivity index (χ0) is 14.2. The van der Waals surface area contributed by atoms with Gasteiger partial charge in [0, 0.05) is 25.1 Å². The van der Waals surface area contributed by atoms with Crippen LogP contribution < -0.4 is 15.4 Å². The average molecular weight is 282 g/mol. The summed E-state index contributed by atoms with van der Waals surface area (Å²) in [6.07, 6.45) is 0.389. The fourth-order valence-electron chi connectivity index (χ4n) is 1.96. The predicted molar refractivity (Wildman–Crippen MR) is 72.1 cm³/mol. The van der Waals surface area contributed by atoms with Crippen molar-refractivity contribution in [2.45, 2.75) is 12.5 Å². The Balaban J connectivity index is 1.59. The summed E-state index contributed by atoms with van der Waals surface area (Å²) in [7, 11) is 0. The lowest BCUT2D eigenvalue weighted by atomic mass is 10.2.